The molecule has 16 heavy (non-hydrogen) atoms. The van der Waals surface area contributed by atoms with E-state index in [0.717, 1.165) is 34.5 Å². The number of rotatable bonds is 1. The van der Waals surface area contributed by atoms with E-state index in [-0.39, 0.29) is 0 Å². The Labute approximate surface area is 98.3 Å². The van der Waals surface area contributed by atoms with Crippen molar-refractivity contribution in [2.75, 3.05) is 5.32 Å². The lowest BCUT2D eigenvalue weighted by Gasteiger charge is -2.20. The van der Waals surface area contributed by atoms with E-state index in [0.29, 0.717) is 6.54 Å². The van der Waals surface area contributed by atoms with Gasteiger partial charge >= 0.3 is 0 Å². The van der Waals surface area contributed by atoms with Crippen LogP contribution < -0.4 is 5.32 Å². The number of halogens is 1. The predicted molar refractivity (Wildman–Crippen MR) is 63.1 cm³/mol. The van der Waals surface area contributed by atoms with Gasteiger partial charge in [-0.1, -0.05) is 18.5 Å². The van der Waals surface area contributed by atoms with Gasteiger partial charge in [0.1, 0.15) is 5.82 Å². The fourth-order valence-electron chi connectivity index (χ4n) is 1.99. The van der Waals surface area contributed by atoms with E-state index in [1.54, 1.807) is 0 Å². The Hall–Kier alpha value is -1.55. The van der Waals surface area contributed by atoms with E-state index in [4.69, 9.17) is 11.6 Å². The minimum Gasteiger partial charge on any atom is -0.376 e. The van der Waals surface area contributed by atoms with Crippen LogP contribution in [0.15, 0.2) is 18.2 Å². The van der Waals surface area contributed by atoms with Crippen molar-refractivity contribution >= 4 is 17.3 Å². The topological polar surface area (TPSA) is 42.7 Å². The molecule has 0 aliphatic carbocycles. The molecule has 0 unspecified atom stereocenters. The summed E-state index contributed by atoms with van der Waals surface area (Å²) in [5.74, 6) is 1.91. The third-order valence-electron chi connectivity index (χ3n) is 2.75. The molecule has 1 aromatic heterocycles. The number of benzene rings is 1. The summed E-state index contributed by atoms with van der Waals surface area (Å²) in [7, 11) is 0. The number of nitrogens with one attached hydrogen (secondary N) is 1. The van der Waals surface area contributed by atoms with Gasteiger partial charge in [0.2, 0.25) is 0 Å². The second-order valence-corrected chi connectivity index (χ2v) is 4.17. The van der Waals surface area contributed by atoms with E-state index < -0.39 is 0 Å². The van der Waals surface area contributed by atoms with Crippen LogP contribution in [0.5, 0.6) is 0 Å². The van der Waals surface area contributed by atoms with Gasteiger partial charge in [0.05, 0.1) is 17.9 Å². The quantitative estimate of drug-likeness (QED) is 0.824. The molecule has 0 amide bonds. The Bertz CT molecular complexity index is 533. The first-order valence-electron chi connectivity index (χ1n) is 5.26. The number of fused-ring (bicyclic) bond motifs is 3. The molecular weight excluding hydrogens is 224 g/mol. The minimum atomic E-state index is 0.710. The molecule has 1 aliphatic rings. The number of aryl methyl sites for hydroxylation is 1. The maximum atomic E-state index is 6.02. The van der Waals surface area contributed by atoms with Crippen LogP contribution in [-0.2, 0) is 13.0 Å². The number of nitrogens with zero attached hydrogens (tertiary/aromatic N) is 3. The fourth-order valence-corrected chi connectivity index (χ4v) is 2.16. The second-order valence-electron chi connectivity index (χ2n) is 3.74. The summed E-state index contributed by atoms with van der Waals surface area (Å²) < 4.78 is 2.08. The number of aromatic nitrogens is 3. The molecule has 1 N–H and O–H groups in total. The van der Waals surface area contributed by atoms with Crippen LogP contribution in [-0.4, -0.2) is 14.8 Å². The third-order valence-corrected chi connectivity index (χ3v) is 2.99. The maximum Gasteiger partial charge on any atom is 0.157 e. The first-order valence-corrected chi connectivity index (χ1v) is 5.64. The second kappa shape index (κ2) is 3.49. The Morgan fingerprint density at radius 2 is 2.31 bits per heavy atom. The largest absolute Gasteiger partial charge is 0.376 e. The standard InChI is InChI=1S/C11H11ClN4/c1-2-10-14-15-11-6-13-8-4-3-7(12)5-9(8)16(10)11/h3-5,13H,2,6H2,1H3. The molecule has 0 saturated heterocycles. The first-order chi connectivity index (χ1) is 7.79. The summed E-state index contributed by atoms with van der Waals surface area (Å²) >= 11 is 6.02. The molecule has 0 fully saturated rings. The van der Waals surface area contributed by atoms with Gasteiger partial charge in [-0.3, -0.25) is 4.57 Å². The normalized spacial score (nSPS) is 12.9. The smallest absolute Gasteiger partial charge is 0.157 e. The van der Waals surface area contributed by atoms with E-state index in [1.807, 2.05) is 18.2 Å². The lowest BCUT2D eigenvalue weighted by atomic mass is 10.2. The molecule has 0 atom stereocenters. The molecule has 5 heteroatoms. The summed E-state index contributed by atoms with van der Waals surface area (Å²) in [5, 5.41) is 12.4. The Balaban J connectivity index is 2.27. The van der Waals surface area contributed by atoms with Gasteiger partial charge in [0.15, 0.2) is 5.82 Å². The van der Waals surface area contributed by atoms with Crippen LogP contribution in [0.1, 0.15) is 18.6 Å². The molecule has 2 heterocycles. The van der Waals surface area contributed by atoms with Gasteiger partial charge in [-0.25, -0.2) is 0 Å². The Morgan fingerprint density at radius 1 is 1.44 bits per heavy atom. The zero-order valence-corrected chi connectivity index (χ0v) is 9.62. The first kappa shape index (κ1) is 9.66. The van der Waals surface area contributed by atoms with Gasteiger partial charge < -0.3 is 5.32 Å². The van der Waals surface area contributed by atoms with E-state index in [2.05, 4.69) is 27.0 Å². The van der Waals surface area contributed by atoms with E-state index in [1.165, 1.54) is 0 Å². The summed E-state index contributed by atoms with van der Waals surface area (Å²) in [4.78, 5) is 0. The summed E-state index contributed by atoms with van der Waals surface area (Å²) in [6.07, 6.45) is 0.860. The van der Waals surface area contributed by atoms with Gasteiger partial charge in [0.25, 0.3) is 0 Å². The van der Waals surface area contributed by atoms with Gasteiger partial charge in [-0.05, 0) is 18.2 Å². The van der Waals surface area contributed by atoms with Gasteiger partial charge in [-0.15, -0.1) is 10.2 Å². The molecule has 3 rings (SSSR count). The maximum absolute atomic E-state index is 6.02. The average molecular weight is 235 g/mol. The highest BCUT2D eigenvalue weighted by Gasteiger charge is 2.19. The van der Waals surface area contributed by atoms with Crippen molar-refractivity contribution in [3.05, 3.63) is 34.9 Å². The predicted octanol–water partition coefficient (Wildman–Crippen LogP) is 2.41. The third kappa shape index (κ3) is 1.30. The van der Waals surface area contributed by atoms with E-state index >= 15 is 0 Å². The van der Waals surface area contributed by atoms with Crippen molar-refractivity contribution in [1.82, 2.24) is 14.8 Å². The molecule has 82 valence electrons. The van der Waals surface area contributed by atoms with Crippen LogP contribution in [0.3, 0.4) is 0 Å². The fraction of sp³-hybridized carbons (Fsp3) is 0.273. The van der Waals surface area contributed by atoms with E-state index in [9.17, 15) is 0 Å². The molecule has 4 nitrogen and oxygen atoms in total. The number of hydrogen-bond donors (Lipinski definition) is 1. The monoisotopic (exact) mass is 234 g/mol. The lowest BCUT2D eigenvalue weighted by Crippen LogP contribution is -2.16. The Morgan fingerprint density at radius 3 is 3.12 bits per heavy atom. The van der Waals surface area contributed by atoms with Crippen LogP contribution in [0.2, 0.25) is 5.02 Å². The zero-order chi connectivity index (χ0) is 11.1. The molecule has 0 saturated carbocycles. The minimum absolute atomic E-state index is 0.710. The highest BCUT2D eigenvalue weighted by atomic mass is 35.5. The summed E-state index contributed by atoms with van der Waals surface area (Å²) in [6, 6.07) is 5.81. The summed E-state index contributed by atoms with van der Waals surface area (Å²) in [5.41, 5.74) is 2.11. The van der Waals surface area contributed by atoms with Crippen molar-refractivity contribution in [3.63, 3.8) is 0 Å². The highest BCUT2D eigenvalue weighted by molar-refractivity contribution is 6.30. The van der Waals surface area contributed by atoms with Gasteiger partial charge in [-0.2, -0.15) is 0 Å². The number of hydrogen-bond acceptors (Lipinski definition) is 3. The molecule has 0 bridgehead atoms. The molecule has 2 aromatic rings. The molecular formula is C11H11ClN4. The summed E-state index contributed by atoms with van der Waals surface area (Å²) in [6.45, 7) is 2.78. The number of anilines is 1. The zero-order valence-electron chi connectivity index (χ0n) is 8.87. The average Bonchev–Trinajstić information content (AvgIpc) is 2.72. The van der Waals surface area contributed by atoms with Crippen LogP contribution >= 0.6 is 11.6 Å². The van der Waals surface area contributed by atoms with Crippen molar-refractivity contribution in [3.8, 4) is 5.69 Å². The van der Waals surface area contributed by atoms with Crippen molar-refractivity contribution in [1.29, 1.82) is 0 Å². The van der Waals surface area contributed by atoms with Crippen molar-refractivity contribution in [2.24, 2.45) is 0 Å². The van der Waals surface area contributed by atoms with Crippen LogP contribution in [0, 0.1) is 0 Å². The van der Waals surface area contributed by atoms with Crippen LogP contribution in [0.25, 0.3) is 5.69 Å². The Kier molecular flexibility index (Phi) is 2.11. The molecule has 1 aliphatic heterocycles. The SMILES string of the molecule is CCc1nnc2n1-c1cc(Cl)ccc1NC2. The van der Waals surface area contributed by atoms with Gasteiger partial charge in [0, 0.05) is 11.4 Å². The molecule has 0 radical (unpaired) electrons. The molecule has 1 aromatic carbocycles. The highest BCUT2D eigenvalue weighted by Crippen LogP contribution is 2.30. The van der Waals surface area contributed by atoms with Crippen molar-refractivity contribution in [2.45, 2.75) is 19.9 Å². The lowest BCUT2D eigenvalue weighted by molar-refractivity contribution is 0.825. The molecule has 0 spiro atoms. The van der Waals surface area contributed by atoms with Crippen molar-refractivity contribution < 1.29 is 0 Å². The van der Waals surface area contributed by atoms with Crippen LogP contribution in [0.4, 0.5) is 5.69 Å².